The molecule has 0 saturated carbocycles. The first kappa shape index (κ1) is 15.1. The maximum Gasteiger partial charge on any atom is 0.257 e. The van der Waals surface area contributed by atoms with E-state index in [0.29, 0.717) is 36.2 Å². The number of rotatable bonds is 2. The van der Waals surface area contributed by atoms with Gasteiger partial charge in [0.25, 0.3) is 5.91 Å². The van der Waals surface area contributed by atoms with Crippen LogP contribution in [-0.4, -0.2) is 37.1 Å². The van der Waals surface area contributed by atoms with Crippen molar-refractivity contribution in [3.63, 3.8) is 0 Å². The predicted molar refractivity (Wildman–Crippen MR) is 91.8 cm³/mol. The highest BCUT2D eigenvalue weighted by Crippen LogP contribution is 2.35. The molecular weight excluding hydrogens is 302 g/mol. The number of piperidine rings is 1. The third kappa shape index (κ3) is 2.84. The van der Waals surface area contributed by atoms with Gasteiger partial charge in [0.05, 0.1) is 5.56 Å². The predicted octanol–water partition coefficient (Wildman–Crippen LogP) is 3.48. The molecule has 1 fully saturated rings. The van der Waals surface area contributed by atoms with E-state index in [0.717, 1.165) is 25.9 Å². The number of benzene rings is 2. The van der Waals surface area contributed by atoms with Gasteiger partial charge < -0.3 is 14.4 Å². The highest BCUT2D eigenvalue weighted by molar-refractivity contribution is 5.98. The fourth-order valence-electron chi connectivity index (χ4n) is 3.55. The van der Waals surface area contributed by atoms with Crippen LogP contribution < -0.4 is 9.47 Å². The number of carbonyl (C=O) groups is 1. The van der Waals surface area contributed by atoms with Crippen molar-refractivity contribution in [2.45, 2.75) is 18.8 Å². The lowest BCUT2D eigenvalue weighted by Gasteiger charge is -2.33. The minimum atomic E-state index is 0.0452. The van der Waals surface area contributed by atoms with Crippen molar-refractivity contribution in [3.05, 3.63) is 59.7 Å². The van der Waals surface area contributed by atoms with Crippen molar-refractivity contribution in [1.29, 1.82) is 0 Å². The Kier molecular flexibility index (Phi) is 4.11. The van der Waals surface area contributed by atoms with Gasteiger partial charge in [-0.15, -0.1) is 0 Å². The molecule has 2 aliphatic heterocycles. The summed E-state index contributed by atoms with van der Waals surface area (Å²) in [5.41, 5.74) is 1.99. The van der Waals surface area contributed by atoms with Gasteiger partial charge in [-0.2, -0.15) is 0 Å². The summed E-state index contributed by atoms with van der Waals surface area (Å²) >= 11 is 0. The number of para-hydroxylation sites is 1. The smallest absolute Gasteiger partial charge is 0.257 e. The fraction of sp³-hybridized carbons (Fsp3) is 0.350. The first-order valence-electron chi connectivity index (χ1n) is 8.56. The van der Waals surface area contributed by atoms with Gasteiger partial charge in [-0.05, 0) is 36.5 Å². The topological polar surface area (TPSA) is 38.8 Å². The minimum Gasteiger partial charge on any atom is -0.486 e. The first-order chi connectivity index (χ1) is 11.8. The Morgan fingerprint density at radius 2 is 1.67 bits per heavy atom. The molecule has 2 aromatic rings. The lowest BCUT2D eigenvalue weighted by atomic mass is 9.89. The van der Waals surface area contributed by atoms with Crippen LogP contribution in [0.25, 0.3) is 0 Å². The summed E-state index contributed by atoms with van der Waals surface area (Å²) in [5, 5.41) is 0. The van der Waals surface area contributed by atoms with E-state index in [1.165, 1.54) is 5.56 Å². The average Bonchev–Trinajstić information content (AvgIpc) is 2.68. The molecule has 0 N–H and O–H groups in total. The summed E-state index contributed by atoms with van der Waals surface area (Å²) in [7, 11) is 0. The number of ether oxygens (including phenoxy) is 2. The second-order valence-electron chi connectivity index (χ2n) is 6.31. The van der Waals surface area contributed by atoms with E-state index >= 15 is 0 Å². The Bertz CT molecular complexity index is 721. The third-order valence-electron chi connectivity index (χ3n) is 4.85. The van der Waals surface area contributed by atoms with Crippen molar-refractivity contribution < 1.29 is 14.3 Å². The zero-order valence-electron chi connectivity index (χ0n) is 13.6. The molecule has 0 atom stereocenters. The van der Waals surface area contributed by atoms with Crippen molar-refractivity contribution in [1.82, 2.24) is 4.90 Å². The van der Waals surface area contributed by atoms with E-state index in [1.54, 1.807) is 0 Å². The van der Waals surface area contributed by atoms with Crippen molar-refractivity contribution in [2.24, 2.45) is 0 Å². The maximum absolute atomic E-state index is 12.9. The van der Waals surface area contributed by atoms with Gasteiger partial charge in [0.2, 0.25) is 0 Å². The Morgan fingerprint density at radius 3 is 2.46 bits per heavy atom. The molecule has 2 aromatic carbocycles. The van der Waals surface area contributed by atoms with Crippen molar-refractivity contribution in [3.8, 4) is 11.5 Å². The maximum atomic E-state index is 12.9. The van der Waals surface area contributed by atoms with E-state index < -0.39 is 0 Å². The molecule has 1 saturated heterocycles. The van der Waals surface area contributed by atoms with Gasteiger partial charge >= 0.3 is 0 Å². The van der Waals surface area contributed by atoms with Crippen molar-refractivity contribution in [2.75, 3.05) is 26.3 Å². The zero-order valence-corrected chi connectivity index (χ0v) is 13.6. The van der Waals surface area contributed by atoms with Gasteiger partial charge in [0.15, 0.2) is 11.5 Å². The molecule has 0 aliphatic carbocycles. The van der Waals surface area contributed by atoms with Crippen LogP contribution in [0.15, 0.2) is 48.5 Å². The van der Waals surface area contributed by atoms with Crippen LogP contribution >= 0.6 is 0 Å². The molecule has 124 valence electrons. The van der Waals surface area contributed by atoms with E-state index in [-0.39, 0.29) is 5.91 Å². The molecule has 2 aliphatic rings. The van der Waals surface area contributed by atoms with Crippen molar-refractivity contribution >= 4 is 5.91 Å². The van der Waals surface area contributed by atoms with Crippen LogP contribution in [0.4, 0.5) is 0 Å². The van der Waals surface area contributed by atoms with E-state index in [4.69, 9.17) is 9.47 Å². The molecule has 2 heterocycles. The number of nitrogens with zero attached hydrogens (tertiary/aromatic N) is 1. The zero-order chi connectivity index (χ0) is 16.4. The molecule has 4 nitrogen and oxygen atoms in total. The molecule has 0 aromatic heterocycles. The highest BCUT2D eigenvalue weighted by Gasteiger charge is 2.28. The van der Waals surface area contributed by atoms with Gasteiger partial charge in [-0.25, -0.2) is 0 Å². The number of carbonyl (C=O) groups excluding carboxylic acids is 1. The standard InChI is InChI=1S/C20H21NO3/c22-20(17-7-4-8-18-19(17)24-14-13-23-18)21-11-9-16(10-12-21)15-5-2-1-3-6-15/h1-8,16H,9-14H2. The molecule has 4 rings (SSSR count). The SMILES string of the molecule is O=C(c1cccc2c1OCCO2)N1CCC(c2ccccc2)CC1. The summed E-state index contributed by atoms with van der Waals surface area (Å²) < 4.78 is 11.3. The largest absolute Gasteiger partial charge is 0.486 e. The van der Waals surface area contributed by atoms with E-state index in [2.05, 4.69) is 24.3 Å². The van der Waals surface area contributed by atoms with E-state index in [9.17, 15) is 4.79 Å². The van der Waals surface area contributed by atoms with Gasteiger partial charge in [0, 0.05) is 13.1 Å². The quantitative estimate of drug-likeness (QED) is 0.849. The van der Waals surface area contributed by atoms with Gasteiger partial charge in [0.1, 0.15) is 13.2 Å². The highest BCUT2D eigenvalue weighted by atomic mass is 16.6. The molecule has 24 heavy (non-hydrogen) atoms. The molecule has 4 heteroatoms. The lowest BCUT2D eigenvalue weighted by Crippen LogP contribution is -2.38. The molecule has 0 bridgehead atoms. The van der Waals surface area contributed by atoms with Crippen LogP contribution in [0.1, 0.15) is 34.7 Å². The molecular formula is C20H21NO3. The monoisotopic (exact) mass is 323 g/mol. The number of hydrogen-bond donors (Lipinski definition) is 0. The Hall–Kier alpha value is -2.49. The van der Waals surface area contributed by atoms with Crippen LogP contribution in [0.5, 0.6) is 11.5 Å². The Labute approximate surface area is 142 Å². The van der Waals surface area contributed by atoms with Crippen LogP contribution in [0, 0.1) is 0 Å². The average molecular weight is 323 g/mol. The summed E-state index contributed by atoms with van der Waals surface area (Å²) in [6.45, 7) is 2.59. The van der Waals surface area contributed by atoms with Gasteiger partial charge in [-0.3, -0.25) is 4.79 Å². The fourth-order valence-corrected chi connectivity index (χ4v) is 3.55. The molecule has 0 spiro atoms. The second-order valence-corrected chi connectivity index (χ2v) is 6.31. The summed E-state index contributed by atoms with van der Waals surface area (Å²) in [6.07, 6.45) is 2.00. The Balaban J connectivity index is 1.47. The van der Waals surface area contributed by atoms with E-state index in [1.807, 2.05) is 29.2 Å². The van der Waals surface area contributed by atoms with Crippen LogP contribution in [-0.2, 0) is 0 Å². The molecule has 0 unspecified atom stereocenters. The third-order valence-corrected chi connectivity index (χ3v) is 4.85. The van der Waals surface area contributed by atoms with Gasteiger partial charge in [-0.1, -0.05) is 36.4 Å². The first-order valence-corrected chi connectivity index (χ1v) is 8.56. The molecule has 0 radical (unpaired) electrons. The summed E-state index contributed by atoms with van der Waals surface area (Å²) in [6, 6.07) is 16.1. The van der Waals surface area contributed by atoms with Crippen LogP contribution in [0.2, 0.25) is 0 Å². The normalized spacial score (nSPS) is 17.6. The minimum absolute atomic E-state index is 0.0452. The number of likely N-dealkylation sites (tertiary alicyclic amines) is 1. The summed E-state index contributed by atoms with van der Waals surface area (Å²) in [4.78, 5) is 14.8. The Morgan fingerprint density at radius 1 is 0.917 bits per heavy atom. The number of amides is 1. The lowest BCUT2D eigenvalue weighted by molar-refractivity contribution is 0.0703. The summed E-state index contributed by atoms with van der Waals surface area (Å²) in [5.74, 6) is 1.86. The second kappa shape index (κ2) is 6.56. The number of fused-ring (bicyclic) bond motifs is 1. The number of hydrogen-bond acceptors (Lipinski definition) is 3. The van der Waals surface area contributed by atoms with Crippen LogP contribution in [0.3, 0.4) is 0 Å². The molecule has 1 amide bonds.